The Kier molecular flexibility index (Phi) is 6.54. The molecule has 0 saturated carbocycles. The van der Waals surface area contributed by atoms with Crippen molar-refractivity contribution < 1.29 is 19.1 Å². The molecule has 4 rings (SSSR count). The second-order valence-electron chi connectivity index (χ2n) is 8.14. The van der Waals surface area contributed by atoms with Gasteiger partial charge >= 0.3 is 0 Å². The molecule has 2 amide bonds. The van der Waals surface area contributed by atoms with Gasteiger partial charge < -0.3 is 19.3 Å². The molecular formula is C22H31N3O4. The van der Waals surface area contributed by atoms with Gasteiger partial charge in [0.2, 0.25) is 18.6 Å². The molecule has 3 heterocycles. The Balaban J connectivity index is 1.19. The summed E-state index contributed by atoms with van der Waals surface area (Å²) >= 11 is 0. The zero-order chi connectivity index (χ0) is 20.1. The number of aryl methyl sites for hydroxylation is 1. The first-order chi connectivity index (χ1) is 14.2. The highest BCUT2D eigenvalue weighted by atomic mass is 16.7. The molecule has 0 radical (unpaired) electrons. The van der Waals surface area contributed by atoms with E-state index in [4.69, 9.17) is 9.47 Å². The molecule has 2 saturated heterocycles. The number of fused-ring (bicyclic) bond motifs is 1. The number of carbonyl (C=O) groups excluding carboxylic acids is 2. The van der Waals surface area contributed by atoms with Gasteiger partial charge in [0.05, 0.1) is 6.54 Å². The molecule has 0 bridgehead atoms. The smallest absolute Gasteiger partial charge is 0.236 e. The number of rotatable bonds is 5. The van der Waals surface area contributed by atoms with Gasteiger partial charge in [-0.25, -0.2) is 0 Å². The van der Waals surface area contributed by atoms with E-state index in [9.17, 15) is 9.59 Å². The lowest BCUT2D eigenvalue weighted by atomic mass is 10.1. The number of likely N-dealkylation sites (tertiary alicyclic amines) is 1. The van der Waals surface area contributed by atoms with E-state index in [1.165, 1.54) is 12.8 Å². The molecule has 0 unspecified atom stereocenters. The lowest BCUT2D eigenvalue weighted by Crippen LogP contribution is -2.51. The van der Waals surface area contributed by atoms with Crippen LogP contribution in [0.5, 0.6) is 11.5 Å². The van der Waals surface area contributed by atoms with Crippen molar-refractivity contribution in [2.24, 2.45) is 0 Å². The summed E-state index contributed by atoms with van der Waals surface area (Å²) in [6.45, 7) is 5.50. The van der Waals surface area contributed by atoms with Gasteiger partial charge in [-0.15, -0.1) is 0 Å². The summed E-state index contributed by atoms with van der Waals surface area (Å²) < 4.78 is 10.7. The van der Waals surface area contributed by atoms with Crippen LogP contribution in [0, 0.1) is 0 Å². The molecule has 2 fully saturated rings. The van der Waals surface area contributed by atoms with Crippen molar-refractivity contribution in [3.05, 3.63) is 23.8 Å². The van der Waals surface area contributed by atoms with Gasteiger partial charge in [-0.05, 0) is 37.0 Å². The summed E-state index contributed by atoms with van der Waals surface area (Å²) in [5.41, 5.74) is 1.09. The van der Waals surface area contributed by atoms with Crippen molar-refractivity contribution in [2.75, 3.05) is 52.6 Å². The lowest BCUT2D eigenvalue weighted by Gasteiger charge is -2.35. The van der Waals surface area contributed by atoms with E-state index in [-0.39, 0.29) is 18.6 Å². The van der Waals surface area contributed by atoms with Gasteiger partial charge in [-0.1, -0.05) is 18.9 Å². The van der Waals surface area contributed by atoms with Crippen LogP contribution in [-0.2, 0) is 16.0 Å². The van der Waals surface area contributed by atoms with Crippen LogP contribution in [0.2, 0.25) is 0 Å². The fraction of sp³-hybridized carbons (Fsp3) is 0.636. The Morgan fingerprint density at radius 3 is 2.24 bits per heavy atom. The minimum atomic E-state index is 0.182. The standard InChI is InChI=1S/C22H31N3O4/c26-21(8-6-18-5-7-19-20(15-18)29-17-28-19)25-13-11-23(12-14-25)16-22(27)24-9-3-1-2-4-10-24/h5,7,15H,1-4,6,8-14,16-17H2. The number of piperazine rings is 1. The first-order valence-electron chi connectivity index (χ1n) is 10.9. The Bertz CT molecular complexity index is 723. The average molecular weight is 402 g/mol. The summed E-state index contributed by atoms with van der Waals surface area (Å²) in [6.07, 6.45) is 5.90. The molecule has 0 N–H and O–H groups in total. The normalized spacial score (nSPS) is 19.9. The third-order valence-electron chi connectivity index (χ3n) is 6.11. The van der Waals surface area contributed by atoms with Crippen molar-refractivity contribution in [3.63, 3.8) is 0 Å². The monoisotopic (exact) mass is 401 g/mol. The van der Waals surface area contributed by atoms with Gasteiger partial charge in [0.1, 0.15) is 0 Å². The topological polar surface area (TPSA) is 62.3 Å². The van der Waals surface area contributed by atoms with Crippen LogP contribution in [0.3, 0.4) is 0 Å². The second-order valence-corrected chi connectivity index (χ2v) is 8.14. The lowest BCUT2D eigenvalue weighted by molar-refractivity contribution is -0.135. The second kappa shape index (κ2) is 9.48. The van der Waals surface area contributed by atoms with E-state index in [1.54, 1.807) is 0 Å². The van der Waals surface area contributed by atoms with Crippen molar-refractivity contribution in [1.82, 2.24) is 14.7 Å². The fourth-order valence-electron chi connectivity index (χ4n) is 4.27. The maximum absolute atomic E-state index is 12.6. The van der Waals surface area contributed by atoms with E-state index in [0.717, 1.165) is 56.1 Å². The van der Waals surface area contributed by atoms with Gasteiger partial charge in [0, 0.05) is 45.7 Å². The predicted molar refractivity (Wildman–Crippen MR) is 109 cm³/mol. The molecule has 0 aliphatic carbocycles. The van der Waals surface area contributed by atoms with E-state index in [2.05, 4.69) is 4.90 Å². The molecule has 0 atom stereocenters. The third-order valence-corrected chi connectivity index (χ3v) is 6.11. The minimum absolute atomic E-state index is 0.182. The molecular weight excluding hydrogens is 370 g/mol. The number of ether oxygens (including phenoxy) is 2. The molecule has 7 heteroatoms. The van der Waals surface area contributed by atoms with Crippen LogP contribution < -0.4 is 9.47 Å². The number of carbonyl (C=O) groups is 2. The Labute approximate surface area is 172 Å². The number of hydrogen-bond acceptors (Lipinski definition) is 5. The zero-order valence-corrected chi connectivity index (χ0v) is 17.1. The van der Waals surface area contributed by atoms with Crippen molar-refractivity contribution in [1.29, 1.82) is 0 Å². The van der Waals surface area contributed by atoms with Crippen LogP contribution in [0.4, 0.5) is 0 Å². The average Bonchev–Trinajstić information content (AvgIpc) is 3.03. The molecule has 29 heavy (non-hydrogen) atoms. The number of hydrogen-bond donors (Lipinski definition) is 0. The van der Waals surface area contributed by atoms with E-state index < -0.39 is 0 Å². The van der Waals surface area contributed by atoms with Crippen LogP contribution >= 0.6 is 0 Å². The summed E-state index contributed by atoms with van der Waals surface area (Å²) in [5.74, 6) is 1.96. The number of nitrogens with zero attached hydrogens (tertiary/aromatic N) is 3. The number of amides is 2. The molecule has 0 spiro atoms. The van der Waals surface area contributed by atoms with Gasteiger partial charge in [-0.3, -0.25) is 14.5 Å². The SMILES string of the molecule is O=C(CCc1ccc2c(c1)OCO2)N1CCN(CC(=O)N2CCCCCC2)CC1. The van der Waals surface area contributed by atoms with Crippen LogP contribution in [0.25, 0.3) is 0 Å². The van der Waals surface area contributed by atoms with Crippen LogP contribution in [0.15, 0.2) is 18.2 Å². The Morgan fingerprint density at radius 1 is 0.793 bits per heavy atom. The summed E-state index contributed by atoms with van der Waals surface area (Å²) in [7, 11) is 0. The molecule has 0 aromatic heterocycles. The molecule has 1 aromatic rings. The van der Waals surface area contributed by atoms with Crippen molar-refractivity contribution >= 4 is 11.8 Å². The van der Waals surface area contributed by atoms with Gasteiger partial charge in [0.15, 0.2) is 11.5 Å². The van der Waals surface area contributed by atoms with Crippen molar-refractivity contribution in [3.8, 4) is 11.5 Å². The molecule has 7 nitrogen and oxygen atoms in total. The maximum Gasteiger partial charge on any atom is 0.236 e. The Morgan fingerprint density at radius 2 is 1.48 bits per heavy atom. The highest BCUT2D eigenvalue weighted by Crippen LogP contribution is 2.32. The Hall–Kier alpha value is -2.28. The van der Waals surface area contributed by atoms with Gasteiger partial charge in [-0.2, -0.15) is 0 Å². The summed E-state index contributed by atoms with van der Waals surface area (Å²) in [4.78, 5) is 31.3. The molecule has 3 aliphatic heterocycles. The third kappa shape index (κ3) is 5.21. The largest absolute Gasteiger partial charge is 0.454 e. The fourth-order valence-corrected chi connectivity index (χ4v) is 4.27. The maximum atomic E-state index is 12.6. The molecule has 1 aromatic carbocycles. The first kappa shape index (κ1) is 20.0. The minimum Gasteiger partial charge on any atom is -0.454 e. The van der Waals surface area contributed by atoms with E-state index in [1.807, 2.05) is 28.0 Å². The van der Waals surface area contributed by atoms with E-state index in [0.29, 0.717) is 32.5 Å². The molecule has 158 valence electrons. The van der Waals surface area contributed by atoms with Crippen LogP contribution in [0.1, 0.15) is 37.7 Å². The zero-order valence-electron chi connectivity index (χ0n) is 17.1. The van der Waals surface area contributed by atoms with Gasteiger partial charge in [0.25, 0.3) is 0 Å². The van der Waals surface area contributed by atoms with Crippen LogP contribution in [-0.4, -0.2) is 79.1 Å². The predicted octanol–water partition coefficient (Wildman–Crippen LogP) is 1.89. The first-order valence-corrected chi connectivity index (χ1v) is 10.9. The quantitative estimate of drug-likeness (QED) is 0.754. The highest BCUT2D eigenvalue weighted by molar-refractivity contribution is 5.78. The van der Waals surface area contributed by atoms with Crippen molar-refractivity contribution in [2.45, 2.75) is 38.5 Å². The molecule has 3 aliphatic rings. The van der Waals surface area contributed by atoms with E-state index >= 15 is 0 Å². The highest BCUT2D eigenvalue weighted by Gasteiger charge is 2.24. The number of benzene rings is 1. The summed E-state index contributed by atoms with van der Waals surface area (Å²) in [5, 5.41) is 0. The summed E-state index contributed by atoms with van der Waals surface area (Å²) in [6, 6.07) is 5.86.